The molecule has 1 unspecified atom stereocenters. The van der Waals surface area contributed by atoms with E-state index in [2.05, 4.69) is 24.8 Å². The van der Waals surface area contributed by atoms with Gasteiger partial charge in [0.1, 0.15) is 5.75 Å². The second-order valence-electron chi connectivity index (χ2n) is 6.72. The van der Waals surface area contributed by atoms with Crippen LogP contribution < -0.4 is 9.64 Å². The van der Waals surface area contributed by atoms with Crippen LogP contribution in [0.4, 0.5) is 5.69 Å². The highest BCUT2D eigenvalue weighted by Gasteiger charge is 2.34. The molecule has 1 amide bonds. The summed E-state index contributed by atoms with van der Waals surface area (Å²) in [5.41, 5.74) is 3.05. The molecule has 1 aliphatic heterocycles. The maximum Gasteiger partial charge on any atom is 0.228 e. The summed E-state index contributed by atoms with van der Waals surface area (Å²) in [6.07, 6.45) is 0.367. The minimum atomic E-state index is -0.0745. The van der Waals surface area contributed by atoms with E-state index in [9.17, 15) is 4.79 Å². The van der Waals surface area contributed by atoms with Crippen molar-refractivity contribution >= 4 is 34.0 Å². The molecule has 0 aromatic heterocycles. The number of carbonyl (C=O) groups excluding carboxylic acids is 1. The first kappa shape index (κ1) is 17.6. The Hall–Kier alpha value is -2.78. The van der Waals surface area contributed by atoms with Gasteiger partial charge in [0.15, 0.2) is 0 Å². The molecule has 0 saturated heterocycles. The molecule has 0 N–H and O–H groups in total. The monoisotopic (exact) mass is 377 g/mol. The summed E-state index contributed by atoms with van der Waals surface area (Å²) in [6, 6.07) is 20.2. The van der Waals surface area contributed by atoms with Gasteiger partial charge >= 0.3 is 0 Å². The van der Waals surface area contributed by atoms with Crippen LogP contribution in [-0.2, 0) is 4.79 Å². The van der Waals surface area contributed by atoms with Crippen molar-refractivity contribution in [3.8, 4) is 5.75 Å². The average molecular weight is 378 g/mol. The van der Waals surface area contributed by atoms with Crippen molar-refractivity contribution in [1.82, 2.24) is 0 Å². The number of hydrogen-bond donors (Lipinski definition) is 0. The van der Waals surface area contributed by atoms with Crippen LogP contribution in [0.15, 0.2) is 72.3 Å². The van der Waals surface area contributed by atoms with Gasteiger partial charge in [-0.2, -0.15) is 0 Å². The van der Waals surface area contributed by atoms with E-state index in [0.29, 0.717) is 18.0 Å². The standard InChI is InChI=1S/C23H20ClNO2/c1-15(24)14-25-20-12-11-16-7-3-4-8-17(16)23(20)19(13-22(25)26)18-9-5-6-10-21(18)27-2/h3-12,19H,1,13-14H2,2H3. The van der Waals surface area contributed by atoms with Crippen LogP contribution in [0.25, 0.3) is 10.8 Å². The van der Waals surface area contributed by atoms with Crippen LogP contribution in [0.5, 0.6) is 5.75 Å². The molecule has 3 aromatic rings. The van der Waals surface area contributed by atoms with E-state index in [0.717, 1.165) is 33.3 Å². The molecule has 0 saturated carbocycles. The summed E-state index contributed by atoms with van der Waals surface area (Å²) in [6.45, 7) is 4.08. The highest BCUT2D eigenvalue weighted by atomic mass is 35.5. The van der Waals surface area contributed by atoms with Crippen molar-refractivity contribution in [2.75, 3.05) is 18.6 Å². The molecule has 3 nitrogen and oxygen atoms in total. The van der Waals surface area contributed by atoms with Crippen molar-refractivity contribution in [2.45, 2.75) is 12.3 Å². The number of amides is 1. The van der Waals surface area contributed by atoms with E-state index in [4.69, 9.17) is 16.3 Å². The van der Waals surface area contributed by atoms with Crippen LogP contribution in [0.2, 0.25) is 0 Å². The molecule has 4 heteroatoms. The van der Waals surface area contributed by atoms with Crippen LogP contribution in [0, 0.1) is 0 Å². The van der Waals surface area contributed by atoms with E-state index >= 15 is 0 Å². The van der Waals surface area contributed by atoms with Gasteiger partial charge in [-0.05, 0) is 28.5 Å². The molecular formula is C23H20ClNO2. The Labute approximate surface area is 163 Å². The molecular weight excluding hydrogens is 358 g/mol. The number of benzene rings is 3. The third kappa shape index (κ3) is 3.08. The zero-order chi connectivity index (χ0) is 19.0. The maximum absolute atomic E-state index is 13.0. The normalized spacial score (nSPS) is 16.3. The SMILES string of the molecule is C=C(Cl)CN1C(=O)CC(c2ccccc2OC)c2c1ccc1ccccc21. The summed E-state index contributed by atoms with van der Waals surface area (Å²) in [4.78, 5) is 14.7. The zero-order valence-corrected chi connectivity index (χ0v) is 15.9. The quantitative estimate of drug-likeness (QED) is 0.603. The van der Waals surface area contributed by atoms with Gasteiger partial charge in [-0.1, -0.05) is 66.7 Å². The van der Waals surface area contributed by atoms with Gasteiger partial charge in [-0.25, -0.2) is 0 Å². The first-order valence-electron chi connectivity index (χ1n) is 8.88. The fraction of sp³-hybridized carbons (Fsp3) is 0.174. The number of nitrogens with zero attached hydrogens (tertiary/aromatic N) is 1. The number of rotatable bonds is 4. The lowest BCUT2D eigenvalue weighted by Crippen LogP contribution is -2.38. The molecule has 0 radical (unpaired) electrons. The topological polar surface area (TPSA) is 29.5 Å². The summed E-state index contributed by atoms with van der Waals surface area (Å²) in [5, 5.41) is 2.73. The summed E-state index contributed by atoms with van der Waals surface area (Å²) in [5.74, 6) is 0.759. The van der Waals surface area contributed by atoms with Crippen LogP contribution >= 0.6 is 11.6 Å². The number of hydrogen-bond acceptors (Lipinski definition) is 2. The number of para-hydroxylation sites is 1. The number of fused-ring (bicyclic) bond motifs is 3. The largest absolute Gasteiger partial charge is 0.496 e. The highest BCUT2D eigenvalue weighted by Crippen LogP contribution is 2.46. The van der Waals surface area contributed by atoms with Crippen molar-refractivity contribution in [3.05, 3.63) is 83.4 Å². The van der Waals surface area contributed by atoms with Crippen molar-refractivity contribution in [2.24, 2.45) is 0 Å². The third-order valence-electron chi connectivity index (χ3n) is 5.11. The molecule has 1 aliphatic rings. The first-order chi connectivity index (χ1) is 13.1. The van der Waals surface area contributed by atoms with Crippen molar-refractivity contribution < 1.29 is 9.53 Å². The predicted octanol–water partition coefficient (Wildman–Crippen LogP) is 5.47. The number of halogens is 1. The summed E-state index contributed by atoms with van der Waals surface area (Å²) < 4.78 is 5.59. The fourth-order valence-electron chi connectivity index (χ4n) is 3.97. The fourth-order valence-corrected chi connectivity index (χ4v) is 4.09. The molecule has 0 spiro atoms. The minimum Gasteiger partial charge on any atom is -0.496 e. The van der Waals surface area contributed by atoms with E-state index in [1.54, 1.807) is 12.0 Å². The van der Waals surface area contributed by atoms with E-state index in [1.165, 1.54) is 0 Å². The Morgan fingerprint density at radius 3 is 2.67 bits per heavy atom. The molecule has 1 heterocycles. The second-order valence-corrected chi connectivity index (χ2v) is 7.25. The van der Waals surface area contributed by atoms with E-state index in [-0.39, 0.29) is 11.8 Å². The number of ether oxygens (including phenoxy) is 1. The van der Waals surface area contributed by atoms with Gasteiger partial charge in [0, 0.05) is 28.6 Å². The summed E-state index contributed by atoms with van der Waals surface area (Å²) in [7, 11) is 1.66. The maximum atomic E-state index is 13.0. The number of anilines is 1. The molecule has 136 valence electrons. The predicted molar refractivity (Wildman–Crippen MR) is 111 cm³/mol. The van der Waals surface area contributed by atoms with Gasteiger partial charge in [0.2, 0.25) is 5.91 Å². The van der Waals surface area contributed by atoms with E-state index in [1.807, 2.05) is 42.5 Å². The molecule has 0 bridgehead atoms. The lowest BCUT2D eigenvalue weighted by Gasteiger charge is -2.35. The number of methoxy groups -OCH3 is 1. The average Bonchev–Trinajstić information content (AvgIpc) is 2.69. The Balaban J connectivity index is 1.99. The van der Waals surface area contributed by atoms with E-state index < -0.39 is 0 Å². The Morgan fingerprint density at radius 2 is 1.89 bits per heavy atom. The lowest BCUT2D eigenvalue weighted by molar-refractivity contribution is -0.119. The molecule has 27 heavy (non-hydrogen) atoms. The highest BCUT2D eigenvalue weighted by molar-refractivity contribution is 6.30. The van der Waals surface area contributed by atoms with Gasteiger partial charge < -0.3 is 9.64 Å². The van der Waals surface area contributed by atoms with Crippen molar-refractivity contribution in [3.63, 3.8) is 0 Å². The molecule has 4 rings (SSSR count). The molecule has 0 aliphatic carbocycles. The van der Waals surface area contributed by atoms with Gasteiger partial charge in [0.05, 0.1) is 13.7 Å². The summed E-state index contributed by atoms with van der Waals surface area (Å²) >= 11 is 6.05. The van der Waals surface area contributed by atoms with Crippen LogP contribution in [-0.4, -0.2) is 19.6 Å². The third-order valence-corrected chi connectivity index (χ3v) is 5.23. The first-order valence-corrected chi connectivity index (χ1v) is 9.26. The van der Waals surface area contributed by atoms with Gasteiger partial charge in [0.25, 0.3) is 0 Å². The number of carbonyl (C=O) groups is 1. The second kappa shape index (κ2) is 7.09. The van der Waals surface area contributed by atoms with Crippen LogP contribution in [0.3, 0.4) is 0 Å². The van der Waals surface area contributed by atoms with Crippen molar-refractivity contribution in [1.29, 1.82) is 0 Å². The molecule has 1 atom stereocenters. The van der Waals surface area contributed by atoms with Gasteiger partial charge in [-0.3, -0.25) is 4.79 Å². The van der Waals surface area contributed by atoms with Crippen LogP contribution in [0.1, 0.15) is 23.5 Å². The molecule has 3 aromatic carbocycles. The Bertz CT molecular complexity index is 1040. The zero-order valence-electron chi connectivity index (χ0n) is 15.1. The Morgan fingerprint density at radius 1 is 1.15 bits per heavy atom. The Kier molecular flexibility index (Phi) is 4.63. The molecule has 0 fully saturated rings. The smallest absolute Gasteiger partial charge is 0.228 e. The minimum absolute atomic E-state index is 0.0375. The van der Waals surface area contributed by atoms with Gasteiger partial charge in [-0.15, -0.1) is 0 Å². The lowest BCUT2D eigenvalue weighted by atomic mass is 9.81.